The summed E-state index contributed by atoms with van der Waals surface area (Å²) in [6.45, 7) is 2.19. The van der Waals surface area contributed by atoms with Gasteiger partial charge in [0.1, 0.15) is 5.82 Å². The van der Waals surface area contributed by atoms with Gasteiger partial charge in [-0.3, -0.25) is 9.59 Å². The fraction of sp³-hybridized carbons (Fsp3) is 0.348. The Morgan fingerprint density at radius 3 is 2.60 bits per heavy atom. The number of nitrogens with two attached hydrogens (primary N) is 1. The Kier molecular flexibility index (Phi) is 6.04. The molecule has 0 bridgehead atoms. The van der Waals surface area contributed by atoms with Crippen molar-refractivity contribution in [3.05, 3.63) is 64.4 Å². The lowest BCUT2D eigenvalue weighted by atomic mass is 10.1. The third-order valence-corrected chi connectivity index (χ3v) is 5.78. The van der Waals surface area contributed by atoms with Gasteiger partial charge in [0.2, 0.25) is 5.91 Å². The van der Waals surface area contributed by atoms with Crippen molar-refractivity contribution in [3.63, 3.8) is 0 Å². The van der Waals surface area contributed by atoms with E-state index < -0.39 is 0 Å². The molecule has 2 aromatic carbocycles. The second-order valence-electron chi connectivity index (χ2n) is 7.77. The highest BCUT2D eigenvalue weighted by atomic mass is 35.5. The van der Waals surface area contributed by atoms with E-state index >= 15 is 0 Å². The molecule has 2 amide bonds. The van der Waals surface area contributed by atoms with Gasteiger partial charge in [0.25, 0.3) is 5.91 Å². The first-order valence-corrected chi connectivity index (χ1v) is 10.7. The Balaban J connectivity index is 1.69. The Bertz CT molecular complexity index is 1090. The number of aryl methyl sites for hydroxylation is 1. The number of primary amides is 1. The first-order valence-electron chi connectivity index (χ1n) is 10.3. The van der Waals surface area contributed by atoms with Gasteiger partial charge < -0.3 is 15.2 Å². The van der Waals surface area contributed by atoms with E-state index in [9.17, 15) is 9.59 Å². The number of carbonyl (C=O) groups excluding carboxylic acids is 2. The number of halogens is 1. The van der Waals surface area contributed by atoms with Crippen molar-refractivity contribution < 1.29 is 9.59 Å². The van der Waals surface area contributed by atoms with Gasteiger partial charge in [-0.25, -0.2) is 4.98 Å². The Labute approximate surface area is 180 Å². The van der Waals surface area contributed by atoms with Gasteiger partial charge in [-0.05, 0) is 55.2 Å². The van der Waals surface area contributed by atoms with Gasteiger partial charge in [-0.1, -0.05) is 23.7 Å². The number of benzene rings is 2. The number of likely N-dealkylation sites (tertiary alicyclic amines) is 1. The minimum absolute atomic E-state index is 0.0553. The summed E-state index contributed by atoms with van der Waals surface area (Å²) < 4.78 is 2.07. The molecule has 1 aliphatic rings. The van der Waals surface area contributed by atoms with Gasteiger partial charge in [0, 0.05) is 43.1 Å². The SMILES string of the molecule is NC(=O)CCc1nc2cc(C(=O)N3CCCCC3)ccc2n1Cc1cccc(Cl)c1. The first kappa shape index (κ1) is 20.4. The first-order chi connectivity index (χ1) is 14.5. The fourth-order valence-electron chi connectivity index (χ4n) is 4.01. The lowest BCUT2D eigenvalue weighted by molar-refractivity contribution is -0.118. The van der Waals surface area contributed by atoms with Gasteiger partial charge in [0.05, 0.1) is 11.0 Å². The van der Waals surface area contributed by atoms with Crippen LogP contribution in [0.2, 0.25) is 5.02 Å². The van der Waals surface area contributed by atoms with E-state index in [1.165, 1.54) is 6.42 Å². The highest BCUT2D eigenvalue weighted by molar-refractivity contribution is 6.30. The van der Waals surface area contributed by atoms with E-state index in [0.29, 0.717) is 23.6 Å². The van der Waals surface area contributed by atoms with E-state index in [4.69, 9.17) is 22.3 Å². The van der Waals surface area contributed by atoms with Crippen LogP contribution in [0.15, 0.2) is 42.5 Å². The van der Waals surface area contributed by atoms with Crippen molar-refractivity contribution in [2.75, 3.05) is 13.1 Å². The van der Waals surface area contributed by atoms with Crippen molar-refractivity contribution in [2.24, 2.45) is 5.73 Å². The fourth-order valence-corrected chi connectivity index (χ4v) is 4.23. The summed E-state index contributed by atoms with van der Waals surface area (Å²) in [5.74, 6) is 0.461. The molecular weight excluding hydrogens is 400 g/mol. The summed E-state index contributed by atoms with van der Waals surface area (Å²) in [5, 5.41) is 0.671. The number of hydrogen-bond donors (Lipinski definition) is 1. The van der Waals surface area contributed by atoms with Crippen LogP contribution in [0.3, 0.4) is 0 Å². The van der Waals surface area contributed by atoms with Crippen LogP contribution < -0.4 is 5.73 Å². The Hall–Kier alpha value is -2.86. The number of rotatable bonds is 6. The van der Waals surface area contributed by atoms with E-state index in [1.54, 1.807) is 0 Å². The molecule has 1 saturated heterocycles. The summed E-state index contributed by atoms with van der Waals surface area (Å²) in [5.41, 5.74) is 8.72. The summed E-state index contributed by atoms with van der Waals surface area (Å²) >= 11 is 6.15. The van der Waals surface area contributed by atoms with Crippen LogP contribution in [-0.4, -0.2) is 39.4 Å². The number of piperidine rings is 1. The van der Waals surface area contributed by atoms with Crippen molar-refractivity contribution in [1.82, 2.24) is 14.5 Å². The average Bonchev–Trinajstić information content (AvgIpc) is 3.09. The van der Waals surface area contributed by atoms with Crippen molar-refractivity contribution in [2.45, 2.75) is 38.6 Å². The summed E-state index contributed by atoms with van der Waals surface area (Å²) in [7, 11) is 0. The lowest BCUT2D eigenvalue weighted by Crippen LogP contribution is -2.35. The smallest absolute Gasteiger partial charge is 0.253 e. The van der Waals surface area contributed by atoms with E-state index in [1.807, 2.05) is 47.4 Å². The van der Waals surface area contributed by atoms with Crippen molar-refractivity contribution >= 4 is 34.4 Å². The van der Waals surface area contributed by atoms with Crippen molar-refractivity contribution in [3.8, 4) is 0 Å². The molecule has 0 aliphatic carbocycles. The summed E-state index contributed by atoms with van der Waals surface area (Å²) in [4.78, 5) is 30.9. The van der Waals surface area contributed by atoms with E-state index in [0.717, 1.165) is 48.4 Å². The number of nitrogens with zero attached hydrogens (tertiary/aromatic N) is 3. The number of amides is 2. The Morgan fingerprint density at radius 2 is 1.87 bits per heavy atom. The van der Waals surface area contributed by atoms with Gasteiger partial charge in [-0.15, -0.1) is 0 Å². The molecule has 7 heteroatoms. The van der Waals surface area contributed by atoms with Crippen LogP contribution in [0, 0.1) is 0 Å². The molecule has 1 aromatic heterocycles. The molecule has 4 rings (SSSR count). The normalized spacial score (nSPS) is 14.2. The monoisotopic (exact) mass is 424 g/mol. The van der Waals surface area contributed by atoms with E-state index in [-0.39, 0.29) is 18.2 Å². The van der Waals surface area contributed by atoms with Crippen LogP contribution in [0.5, 0.6) is 0 Å². The zero-order valence-electron chi connectivity index (χ0n) is 16.8. The minimum Gasteiger partial charge on any atom is -0.370 e. The number of fused-ring (bicyclic) bond motifs is 1. The topological polar surface area (TPSA) is 81.2 Å². The van der Waals surface area contributed by atoms with Crippen LogP contribution in [0.4, 0.5) is 0 Å². The molecule has 2 heterocycles. The van der Waals surface area contributed by atoms with Gasteiger partial charge >= 0.3 is 0 Å². The van der Waals surface area contributed by atoms with Crippen molar-refractivity contribution in [1.29, 1.82) is 0 Å². The number of aromatic nitrogens is 2. The Morgan fingerprint density at radius 1 is 1.07 bits per heavy atom. The predicted octanol–water partition coefficient (Wildman–Crippen LogP) is 3.78. The molecule has 0 spiro atoms. The molecular formula is C23H25ClN4O2. The number of hydrogen-bond acceptors (Lipinski definition) is 3. The molecule has 0 unspecified atom stereocenters. The average molecular weight is 425 g/mol. The molecule has 1 aliphatic heterocycles. The maximum atomic E-state index is 12.9. The quantitative estimate of drug-likeness (QED) is 0.653. The molecule has 1 fully saturated rings. The second kappa shape index (κ2) is 8.88. The lowest BCUT2D eigenvalue weighted by Gasteiger charge is -2.26. The number of imidazole rings is 1. The molecule has 0 radical (unpaired) electrons. The molecule has 156 valence electrons. The van der Waals surface area contributed by atoms with Crippen LogP contribution in [-0.2, 0) is 17.8 Å². The third kappa shape index (κ3) is 4.49. The molecule has 3 aromatic rings. The highest BCUT2D eigenvalue weighted by Crippen LogP contribution is 2.23. The van der Waals surface area contributed by atoms with E-state index in [2.05, 4.69) is 4.57 Å². The third-order valence-electron chi connectivity index (χ3n) is 5.54. The number of carbonyl (C=O) groups is 2. The van der Waals surface area contributed by atoms with Crippen LogP contribution >= 0.6 is 11.6 Å². The molecule has 30 heavy (non-hydrogen) atoms. The second-order valence-corrected chi connectivity index (χ2v) is 8.20. The predicted molar refractivity (Wildman–Crippen MR) is 118 cm³/mol. The zero-order chi connectivity index (χ0) is 21.1. The maximum absolute atomic E-state index is 12.9. The zero-order valence-corrected chi connectivity index (χ0v) is 17.6. The molecule has 6 nitrogen and oxygen atoms in total. The molecule has 0 atom stereocenters. The summed E-state index contributed by atoms with van der Waals surface area (Å²) in [6, 6.07) is 13.3. The largest absolute Gasteiger partial charge is 0.370 e. The maximum Gasteiger partial charge on any atom is 0.253 e. The van der Waals surface area contributed by atoms with Crippen LogP contribution in [0.25, 0.3) is 11.0 Å². The standard InChI is InChI=1S/C23H25ClN4O2/c24-18-6-4-5-16(13-18)15-28-20-8-7-17(23(30)27-11-2-1-3-12-27)14-19(20)26-22(28)10-9-21(25)29/h4-8,13-14H,1-3,9-12,15H2,(H2,25,29). The van der Waals surface area contributed by atoms with Crippen LogP contribution in [0.1, 0.15) is 47.4 Å². The highest BCUT2D eigenvalue weighted by Gasteiger charge is 2.20. The summed E-state index contributed by atoms with van der Waals surface area (Å²) in [6.07, 6.45) is 3.96. The molecule has 2 N–H and O–H groups in total. The van der Waals surface area contributed by atoms with Gasteiger partial charge in [-0.2, -0.15) is 0 Å². The minimum atomic E-state index is -0.364. The molecule has 0 saturated carbocycles. The van der Waals surface area contributed by atoms with Gasteiger partial charge in [0.15, 0.2) is 0 Å².